The van der Waals surface area contributed by atoms with Crippen molar-refractivity contribution < 1.29 is 19.2 Å². The van der Waals surface area contributed by atoms with Crippen molar-refractivity contribution in [3.05, 3.63) is 56.3 Å². The van der Waals surface area contributed by atoms with Gasteiger partial charge in [-0.3, -0.25) is 10.1 Å². The van der Waals surface area contributed by atoms with Gasteiger partial charge >= 0.3 is 5.69 Å². The van der Waals surface area contributed by atoms with Crippen molar-refractivity contribution in [2.45, 2.75) is 6.92 Å². The lowest BCUT2D eigenvalue weighted by Crippen LogP contribution is -1.96. The number of hydrogen-bond acceptors (Lipinski definition) is 4. The Morgan fingerprint density at radius 3 is 2.70 bits per heavy atom. The second-order valence-electron chi connectivity index (χ2n) is 3.99. The molecule has 0 aliphatic heterocycles. The third-order valence-corrected chi connectivity index (χ3v) is 3.28. The van der Waals surface area contributed by atoms with Gasteiger partial charge in [-0.25, -0.2) is 4.39 Å². The van der Waals surface area contributed by atoms with Crippen molar-refractivity contribution in [1.29, 1.82) is 0 Å². The van der Waals surface area contributed by atoms with Gasteiger partial charge in [0.1, 0.15) is 17.3 Å². The zero-order valence-electron chi connectivity index (χ0n) is 10.3. The maximum Gasteiger partial charge on any atom is 0.312 e. The van der Waals surface area contributed by atoms with Gasteiger partial charge in [-0.05, 0) is 35.0 Å². The van der Waals surface area contributed by atoms with Crippen molar-refractivity contribution in [2.24, 2.45) is 0 Å². The summed E-state index contributed by atoms with van der Waals surface area (Å²) in [6.45, 7) is 1.59. The molecule has 104 valence electrons. The van der Waals surface area contributed by atoms with Crippen molar-refractivity contribution >= 4 is 21.6 Å². The number of halogens is 2. The lowest BCUT2D eigenvalue weighted by molar-refractivity contribution is -0.385. The summed E-state index contributed by atoms with van der Waals surface area (Å²) >= 11 is 2.89. The summed E-state index contributed by atoms with van der Waals surface area (Å²) in [5.74, 6) is -0.703. The van der Waals surface area contributed by atoms with E-state index in [-0.39, 0.29) is 27.4 Å². The molecule has 0 heterocycles. The molecule has 2 rings (SSSR count). The van der Waals surface area contributed by atoms with Crippen molar-refractivity contribution in [3.63, 3.8) is 0 Å². The number of ether oxygens (including phenoxy) is 1. The zero-order chi connectivity index (χ0) is 14.9. The number of phenols is 1. The Kier molecular flexibility index (Phi) is 3.89. The summed E-state index contributed by atoms with van der Waals surface area (Å²) in [7, 11) is 0. The molecule has 0 aliphatic rings. The van der Waals surface area contributed by atoms with E-state index in [1.165, 1.54) is 18.2 Å². The molecule has 5 nitrogen and oxygen atoms in total. The molecule has 2 aromatic carbocycles. The van der Waals surface area contributed by atoms with E-state index >= 15 is 0 Å². The monoisotopic (exact) mass is 341 g/mol. The average Bonchev–Trinajstić information content (AvgIpc) is 2.38. The zero-order valence-corrected chi connectivity index (χ0v) is 11.8. The molecule has 2 aromatic rings. The van der Waals surface area contributed by atoms with Crippen LogP contribution in [0.4, 0.5) is 10.1 Å². The molecule has 20 heavy (non-hydrogen) atoms. The number of aromatic hydroxyl groups is 1. The minimum Gasteiger partial charge on any atom is -0.508 e. The van der Waals surface area contributed by atoms with E-state index < -0.39 is 10.7 Å². The number of phenolic OH excluding ortho intramolecular Hbond substituents is 1. The van der Waals surface area contributed by atoms with Gasteiger partial charge < -0.3 is 9.84 Å². The van der Waals surface area contributed by atoms with Crippen molar-refractivity contribution in [2.75, 3.05) is 0 Å². The first-order valence-electron chi connectivity index (χ1n) is 5.50. The Balaban J connectivity index is 2.50. The first kappa shape index (κ1) is 14.3. The fourth-order valence-electron chi connectivity index (χ4n) is 1.57. The van der Waals surface area contributed by atoms with Crippen LogP contribution < -0.4 is 4.74 Å². The van der Waals surface area contributed by atoms with E-state index in [1.54, 1.807) is 6.92 Å². The van der Waals surface area contributed by atoms with Crippen LogP contribution in [-0.4, -0.2) is 10.0 Å². The number of rotatable bonds is 3. The number of nitrogens with zero attached hydrogens (tertiary/aromatic N) is 1. The molecule has 0 spiro atoms. The second kappa shape index (κ2) is 5.46. The highest BCUT2D eigenvalue weighted by atomic mass is 79.9. The van der Waals surface area contributed by atoms with Gasteiger partial charge in [-0.15, -0.1) is 0 Å². The topological polar surface area (TPSA) is 72.6 Å². The molecule has 0 aliphatic carbocycles. The Morgan fingerprint density at radius 2 is 2.05 bits per heavy atom. The van der Waals surface area contributed by atoms with E-state index in [0.29, 0.717) is 5.56 Å². The summed E-state index contributed by atoms with van der Waals surface area (Å²) < 4.78 is 18.8. The van der Waals surface area contributed by atoms with Crippen LogP contribution in [0.25, 0.3) is 0 Å². The normalized spacial score (nSPS) is 10.3. The molecule has 0 fully saturated rings. The summed E-state index contributed by atoms with van der Waals surface area (Å²) in [6.07, 6.45) is 0. The number of nitro groups is 1. The molecule has 0 unspecified atom stereocenters. The van der Waals surface area contributed by atoms with Crippen LogP contribution in [0.15, 0.2) is 34.8 Å². The smallest absolute Gasteiger partial charge is 0.312 e. The molecule has 1 N–H and O–H groups in total. The van der Waals surface area contributed by atoms with Gasteiger partial charge in [0, 0.05) is 17.7 Å². The van der Waals surface area contributed by atoms with Crippen LogP contribution in [0.5, 0.6) is 17.2 Å². The van der Waals surface area contributed by atoms with E-state index in [0.717, 1.165) is 12.1 Å². The Hall–Kier alpha value is -2.15. The number of hydrogen-bond donors (Lipinski definition) is 1. The van der Waals surface area contributed by atoms with Crippen LogP contribution in [0, 0.1) is 22.9 Å². The minimum absolute atomic E-state index is 0.0114. The molecule has 0 radical (unpaired) electrons. The Morgan fingerprint density at radius 1 is 1.35 bits per heavy atom. The highest BCUT2D eigenvalue weighted by molar-refractivity contribution is 9.10. The third kappa shape index (κ3) is 2.72. The number of nitro benzene ring substituents is 1. The SMILES string of the molecule is Cc1c(O)cccc1Oc1cc(F)c(Br)cc1[N+](=O)[O-]. The van der Waals surface area contributed by atoms with Crippen LogP contribution in [0.1, 0.15) is 5.56 Å². The standard InChI is InChI=1S/C13H9BrFNO4/c1-7-11(17)3-2-4-12(7)20-13-6-9(15)8(14)5-10(13)16(18)19/h2-6,17H,1H3. The van der Waals surface area contributed by atoms with Gasteiger partial charge in [0.15, 0.2) is 0 Å². The third-order valence-electron chi connectivity index (χ3n) is 2.67. The van der Waals surface area contributed by atoms with E-state index in [4.69, 9.17) is 4.74 Å². The Bertz CT molecular complexity index is 690. The van der Waals surface area contributed by atoms with E-state index in [1.807, 2.05) is 0 Å². The minimum atomic E-state index is -0.677. The quantitative estimate of drug-likeness (QED) is 0.667. The lowest BCUT2D eigenvalue weighted by Gasteiger charge is -2.10. The molecular weight excluding hydrogens is 333 g/mol. The van der Waals surface area contributed by atoms with Crippen LogP contribution in [0.2, 0.25) is 0 Å². The molecule has 0 amide bonds. The molecule has 0 atom stereocenters. The van der Waals surface area contributed by atoms with Gasteiger partial charge in [-0.1, -0.05) is 6.07 Å². The molecule has 0 saturated heterocycles. The van der Waals surface area contributed by atoms with E-state index in [9.17, 15) is 19.6 Å². The first-order chi connectivity index (χ1) is 9.40. The predicted octanol–water partition coefficient (Wildman–Crippen LogP) is 4.30. The van der Waals surface area contributed by atoms with Crippen LogP contribution >= 0.6 is 15.9 Å². The Labute approximate surface area is 121 Å². The second-order valence-corrected chi connectivity index (χ2v) is 4.85. The first-order valence-corrected chi connectivity index (χ1v) is 6.29. The largest absolute Gasteiger partial charge is 0.508 e. The molecule has 0 aromatic heterocycles. The average molecular weight is 342 g/mol. The van der Waals surface area contributed by atoms with Gasteiger partial charge in [-0.2, -0.15) is 0 Å². The van der Waals surface area contributed by atoms with Crippen LogP contribution in [-0.2, 0) is 0 Å². The van der Waals surface area contributed by atoms with Gasteiger partial charge in [0.05, 0.1) is 9.40 Å². The van der Waals surface area contributed by atoms with Gasteiger partial charge in [0.25, 0.3) is 0 Å². The fourth-order valence-corrected chi connectivity index (χ4v) is 1.91. The maximum absolute atomic E-state index is 13.5. The molecular formula is C13H9BrFNO4. The van der Waals surface area contributed by atoms with Crippen LogP contribution in [0.3, 0.4) is 0 Å². The fraction of sp³-hybridized carbons (Fsp3) is 0.0769. The van der Waals surface area contributed by atoms with Gasteiger partial charge in [0.2, 0.25) is 5.75 Å². The van der Waals surface area contributed by atoms with E-state index in [2.05, 4.69) is 15.9 Å². The summed E-state index contributed by atoms with van der Waals surface area (Å²) in [6, 6.07) is 6.46. The maximum atomic E-state index is 13.5. The highest BCUT2D eigenvalue weighted by Crippen LogP contribution is 2.37. The van der Waals surface area contributed by atoms with Crippen molar-refractivity contribution in [3.8, 4) is 17.2 Å². The van der Waals surface area contributed by atoms with Crippen molar-refractivity contribution in [1.82, 2.24) is 0 Å². The molecule has 0 saturated carbocycles. The highest BCUT2D eigenvalue weighted by Gasteiger charge is 2.20. The summed E-state index contributed by atoms with van der Waals surface area (Å²) in [5.41, 5.74) is 0.0335. The number of benzene rings is 2. The summed E-state index contributed by atoms with van der Waals surface area (Å²) in [4.78, 5) is 10.3. The molecule has 7 heteroatoms. The molecule has 0 bridgehead atoms. The lowest BCUT2D eigenvalue weighted by atomic mass is 10.2. The summed E-state index contributed by atoms with van der Waals surface area (Å²) in [5, 5.41) is 20.5. The predicted molar refractivity (Wildman–Crippen MR) is 73.7 cm³/mol.